The van der Waals surface area contributed by atoms with Gasteiger partial charge in [-0.2, -0.15) is 0 Å². The number of carbonyl (C=O) groups is 1. The molecule has 0 amide bonds. The van der Waals surface area contributed by atoms with E-state index in [1.807, 2.05) is 6.92 Å². The summed E-state index contributed by atoms with van der Waals surface area (Å²) in [6, 6.07) is 0. The summed E-state index contributed by atoms with van der Waals surface area (Å²) in [7, 11) is 0. The second-order valence-electron chi connectivity index (χ2n) is 9.27. The van der Waals surface area contributed by atoms with Gasteiger partial charge in [0.15, 0.2) is 6.29 Å². The van der Waals surface area contributed by atoms with Crippen LogP contribution in [0, 0.1) is 5.41 Å². The first-order valence-corrected chi connectivity index (χ1v) is 10.3. The Morgan fingerprint density at radius 1 is 1.16 bits per heavy atom. The maximum Gasteiger partial charge on any atom is 0.328 e. The number of hydrogen-bond donors (Lipinski definition) is 6. The third kappa shape index (κ3) is 4.19. The second-order valence-corrected chi connectivity index (χ2v) is 9.27. The highest BCUT2D eigenvalue weighted by molar-refractivity contribution is 5.81. The summed E-state index contributed by atoms with van der Waals surface area (Å²) >= 11 is 0. The molecular formula is C21H32O10. The lowest BCUT2D eigenvalue weighted by Gasteiger charge is -2.51. The molecule has 5 unspecified atom stereocenters. The van der Waals surface area contributed by atoms with Crippen LogP contribution in [0.4, 0.5) is 0 Å². The number of carboxylic acid groups (broad SMARTS) is 1. The second kappa shape index (κ2) is 8.53. The summed E-state index contributed by atoms with van der Waals surface area (Å²) in [4.78, 5) is 10.9. The molecule has 6 N–H and O–H groups in total. The molecule has 2 bridgehead atoms. The van der Waals surface area contributed by atoms with Crippen molar-refractivity contribution in [2.75, 3.05) is 13.2 Å². The summed E-state index contributed by atoms with van der Waals surface area (Å²) in [5.41, 5.74) is -2.77. The normalized spacial score (nSPS) is 48.3. The first kappa shape index (κ1) is 24.3. The van der Waals surface area contributed by atoms with Crippen LogP contribution in [0.2, 0.25) is 0 Å². The maximum atomic E-state index is 11.6. The molecule has 0 aromatic rings. The van der Waals surface area contributed by atoms with Gasteiger partial charge in [0.1, 0.15) is 35.6 Å². The Kier molecular flexibility index (Phi) is 6.68. The third-order valence-electron chi connectivity index (χ3n) is 6.84. The lowest BCUT2D eigenvalue weighted by molar-refractivity contribution is -0.319. The number of aliphatic hydroxyl groups is 5. The monoisotopic (exact) mass is 444 g/mol. The smallest absolute Gasteiger partial charge is 0.328 e. The van der Waals surface area contributed by atoms with E-state index in [4.69, 9.17) is 19.3 Å². The van der Waals surface area contributed by atoms with Crippen molar-refractivity contribution in [3.05, 3.63) is 23.8 Å². The topological polar surface area (TPSA) is 166 Å². The zero-order valence-corrected chi connectivity index (χ0v) is 17.8. The zero-order chi connectivity index (χ0) is 23.2. The number of fused-ring (bicyclic) bond motifs is 2. The molecule has 176 valence electrons. The van der Waals surface area contributed by atoms with Crippen molar-refractivity contribution < 1.29 is 49.6 Å². The molecule has 10 heteroatoms. The predicted octanol–water partition coefficient (Wildman–Crippen LogP) is -0.921. The highest BCUT2D eigenvalue weighted by Gasteiger charge is 2.67. The highest BCUT2D eigenvalue weighted by atomic mass is 16.7. The Labute approximate surface area is 180 Å². The molecule has 31 heavy (non-hydrogen) atoms. The Hall–Kier alpha value is -1.37. The van der Waals surface area contributed by atoms with Gasteiger partial charge < -0.3 is 44.8 Å². The largest absolute Gasteiger partial charge is 0.478 e. The Bertz CT molecular complexity index is 728. The Morgan fingerprint density at radius 2 is 1.84 bits per heavy atom. The predicted molar refractivity (Wildman–Crippen MR) is 106 cm³/mol. The van der Waals surface area contributed by atoms with Crippen LogP contribution in [-0.4, -0.2) is 97.8 Å². The number of hydrogen-bond acceptors (Lipinski definition) is 9. The van der Waals surface area contributed by atoms with E-state index in [1.54, 1.807) is 26.0 Å². The van der Waals surface area contributed by atoms with Crippen LogP contribution in [0.5, 0.6) is 0 Å². The summed E-state index contributed by atoms with van der Waals surface area (Å²) < 4.78 is 17.3. The molecule has 9 atom stereocenters. The van der Waals surface area contributed by atoms with Crippen molar-refractivity contribution in [2.24, 2.45) is 5.41 Å². The molecule has 10 nitrogen and oxygen atoms in total. The van der Waals surface area contributed by atoms with Crippen LogP contribution in [0.15, 0.2) is 23.8 Å². The van der Waals surface area contributed by atoms with Crippen molar-refractivity contribution in [3.8, 4) is 0 Å². The van der Waals surface area contributed by atoms with Gasteiger partial charge in [-0.3, -0.25) is 0 Å². The Balaban J connectivity index is 1.78. The molecule has 3 aliphatic rings. The van der Waals surface area contributed by atoms with Crippen LogP contribution in [-0.2, 0) is 19.0 Å². The van der Waals surface area contributed by atoms with Crippen molar-refractivity contribution in [1.29, 1.82) is 0 Å². The molecule has 0 aromatic carbocycles. The molecule has 0 radical (unpaired) electrons. The van der Waals surface area contributed by atoms with Crippen LogP contribution >= 0.6 is 0 Å². The quantitative estimate of drug-likeness (QED) is 0.223. The first-order chi connectivity index (χ1) is 14.4. The van der Waals surface area contributed by atoms with E-state index in [0.29, 0.717) is 12.0 Å². The minimum atomic E-state index is -1.54. The van der Waals surface area contributed by atoms with Crippen molar-refractivity contribution >= 4 is 5.97 Å². The van der Waals surface area contributed by atoms with Crippen LogP contribution in [0.1, 0.15) is 33.6 Å². The molecule has 3 rings (SSSR count). The van der Waals surface area contributed by atoms with Gasteiger partial charge in [-0.25, -0.2) is 4.79 Å². The Morgan fingerprint density at radius 3 is 2.42 bits per heavy atom. The molecule has 2 aliphatic heterocycles. The molecular weight excluding hydrogens is 412 g/mol. The van der Waals surface area contributed by atoms with E-state index < -0.39 is 66.0 Å². The summed E-state index contributed by atoms with van der Waals surface area (Å²) in [6.07, 6.45) is -2.65. The molecule has 2 heterocycles. The van der Waals surface area contributed by atoms with Gasteiger partial charge in [-0.15, -0.1) is 0 Å². The van der Waals surface area contributed by atoms with Gasteiger partial charge in [-0.1, -0.05) is 13.0 Å². The average Bonchev–Trinajstić information content (AvgIpc) is 2.79. The number of aliphatic hydroxyl groups excluding tert-OH is 4. The fourth-order valence-corrected chi connectivity index (χ4v) is 4.95. The fraction of sp³-hybridized carbons (Fsp3) is 0.762. The number of ether oxygens (including phenoxy) is 3. The van der Waals surface area contributed by atoms with E-state index >= 15 is 0 Å². The fourth-order valence-electron chi connectivity index (χ4n) is 4.95. The van der Waals surface area contributed by atoms with E-state index in [2.05, 4.69) is 0 Å². The SMILES string of the molecule is CC(=C/C(=O)O)/C=C/[C@]1(O)[C@]2(C)CO[C@@]1(C)C[C@@H](OC1OC(CO)C(O)C(O)C1O)C2. The number of rotatable bonds is 6. The molecule has 1 aliphatic carbocycles. The highest BCUT2D eigenvalue weighted by Crippen LogP contribution is 2.58. The first-order valence-electron chi connectivity index (χ1n) is 10.3. The van der Waals surface area contributed by atoms with Gasteiger partial charge in [0.25, 0.3) is 0 Å². The average molecular weight is 444 g/mol. The van der Waals surface area contributed by atoms with Crippen molar-refractivity contribution in [1.82, 2.24) is 0 Å². The van der Waals surface area contributed by atoms with E-state index in [0.717, 1.165) is 6.08 Å². The van der Waals surface area contributed by atoms with Crippen molar-refractivity contribution in [2.45, 2.75) is 81.6 Å². The number of aliphatic carboxylic acids is 1. The minimum Gasteiger partial charge on any atom is -0.478 e. The van der Waals surface area contributed by atoms with E-state index in [1.165, 1.54) is 0 Å². The molecule has 3 fully saturated rings. The number of allylic oxidation sites excluding steroid dienone is 2. The molecule has 2 saturated heterocycles. The van der Waals surface area contributed by atoms with Crippen LogP contribution in [0.25, 0.3) is 0 Å². The lowest BCUT2D eigenvalue weighted by Crippen LogP contribution is -2.63. The van der Waals surface area contributed by atoms with Gasteiger partial charge in [0.05, 0.1) is 19.3 Å². The van der Waals surface area contributed by atoms with Crippen LogP contribution < -0.4 is 0 Å². The van der Waals surface area contributed by atoms with Gasteiger partial charge >= 0.3 is 5.97 Å². The molecule has 0 aromatic heterocycles. The van der Waals surface area contributed by atoms with Crippen molar-refractivity contribution in [3.63, 3.8) is 0 Å². The maximum absolute atomic E-state index is 11.6. The summed E-state index contributed by atoms with van der Waals surface area (Å²) in [6.45, 7) is 4.88. The van der Waals surface area contributed by atoms with Gasteiger partial charge in [-0.05, 0) is 31.9 Å². The minimum absolute atomic E-state index is 0.236. The van der Waals surface area contributed by atoms with Gasteiger partial charge in [0.2, 0.25) is 0 Å². The lowest BCUT2D eigenvalue weighted by atomic mass is 9.59. The van der Waals surface area contributed by atoms with E-state index in [9.17, 15) is 30.3 Å². The third-order valence-corrected chi connectivity index (χ3v) is 6.84. The number of carboxylic acids is 1. The summed E-state index contributed by atoms with van der Waals surface area (Å²) in [5, 5.41) is 60.0. The van der Waals surface area contributed by atoms with Crippen LogP contribution in [0.3, 0.4) is 0 Å². The van der Waals surface area contributed by atoms with E-state index in [-0.39, 0.29) is 13.0 Å². The molecule has 0 spiro atoms. The zero-order valence-electron chi connectivity index (χ0n) is 17.8. The molecule has 1 saturated carbocycles. The van der Waals surface area contributed by atoms with Gasteiger partial charge in [0, 0.05) is 17.9 Å². The standard InChI is InChI=1S/C21H32O10/c1-11(6-14(23)24)4-5-21(28)19(2)7-12(8-20(21,3)29-10-19)30-18-17(27)16(26)15(25)13(9-22)31-18/h4-6,12-13,15-18,22,25-28H,7-10H2,1-3H3,(H,23,24)/b5-4+,11-6-/t12-,13?,15?,16?,17?,18?,19-,20-,21-/m0/s1. The summed E-state index contributed by atoms with van der Waals surface area (Å²) in [5.74, 6) is -1.08.